The number of nitrogens with zero attached hydrogens (tertiary/aromatic N) is 1. The lowest BCUT2D eigenvalue weighted by Crippen LogP contribution is -2.15. The number of benzene rings is 1. The molecule has 0 unspecified atom stereocenters. The van der Waals surface area contributed by atoms with Crippen LogP contribution < -0.4 is 5.32 Å². The number of hydrogen-bond acceptors (Lipinski definition) is 3. The van der Waals surface area contributed by atoms with Gasteiger partial charge in [-0.3, -0.25) is 10.1 Å². The summed E-state index contributed by atoms with van der Waals surface area (Å²) in [6.07, 6.45) is -5.30. The first-order chi connectivity index (χ1) is 7.79. The van der Waals surface area contributed by atoms with E-state index in [1.54, 1.807) is 6.07 Å². The van der Waals surface area contributed by atoms with Crippen LogP contribution in [0.2, 0.25) is 0 Å². The van der Waals surface area contributed by atoms with Crippen molar-refractivity contribution in [3.8, 4) is 0 Å². The van der Waals surface area contributed by atoms with Crippen LogP contribution in [0.3, 0.4) is 0 Å². The van der Waals surface area contributed by atoms with E-state index in [1.807, 2.05) is 22.6 Å². The minimum atomic E-state index is -4.27. The predicted molar refractivity (Wildman–Crippen MR) is 65.0 cm³/mol. The molecule has 0 atom stereocenters. The van der Waals surface area contributed by atoms with Gasteiger partial charge in [-0.25, -0.2) is 0 Å². The van der Waals surface area contributed by atoms with Crippen LogP contribution in [0.15, 0.2) is 18.2 Å². The van der Waals surface area contributed by atoms with E-state index in [0.717, 1.165) is 0 Å². The summed E-state index contributed by atoms with van der Waals surface area (Å²) in [5.74, 6) is 0. The molecule has 0 bridgehead atoms. The normalized spacial score (nSPS) is 11.3. The van der Waals surface area contributed by atoms with Gasteiger partial charge in [0.15, 0.2) is 0 Å². The van der Waals surface area contributed by atoms with E-state index in [9.17, 15) is 23.3 Å². The second-order valence-corrected chi connectivity index (χ2v) is 4.46. The molecule has 0 fully saturated rings. The standard InChI is InChI=1S/C9H8F3IN2O2/c10-9(11,12)3-4-14-7-2-1-6(13)5-8(7)15(16)17/h1-2,5,14H,3-4H2. The number of anilines is 1. The van der Waals surface area contributed by atoms with Crippen molar-refractivity contribution in [2.24, 2.45) is 0 Å². The molecule has 0 aromatic heterocycles. The molecule has 94 valence electrons. The molecule has 1 N–H and O–H groups in total. The maximum absolute atomic E-state index is 11.9. The molecule has 17 heavy (non-hydrogen) atoms. The Bertz CT molecular complexity index is 423. The summed E-state index contributed by atoms with van der Waals surface area (Å²) in [4.78, 5) is 10.0. The Morgan fingerprint density at radius 1 is 1.41 bits per heavy atom. The third kappa shape index (κ3) is 4.75. The molecule has 1 rings (SSSR count). The van der Waals surface area contributed by atoms with Crippen molar-refractivity contribution in [1.82, 2.24) is 0 Å². The third-order valence-corrected chi connectivity index (χ3v) is 2.55. The molecule has 0 spiro atoms. The fourth-order valence-corrected chi connectivity index (χ4v) is 1.62. The molecule has 0 radical (unpaired) electrons. The van der Waals surface area contributed by atoms with Gasteiger partial charge in [-0.1, -0.05) is 0 Å². The summed E-state index contributed by atoms with van der Waals surface area (Å²) in [5.41, 5.74) is -0.126. The average Bonchev–Trinajstić information content (AvgIpc) is 2.18. The average molecular weight is 360 g/mol. The first-order valence-electron chi connectivity index (χ1n) is 4.54. The number of nitro groups is 1. The molecule has 0 aliphatic carbocycles. The number of nitro benzene ring substituents is 1. The lowest BCUT2D eigenvalue weighted by atomic mass is 10.2. The third-order valence-electron chi connectivity index (χ3n) is 1.88. The van der Waals surface area contributed by atoms with E-state index in [2.05, 4.69) is 5.32 Å². The van der Waals surface area contributed by atoms with E-state index in [4.69, 9.17) is 0 Å². The van der Waals surface area contributed by atoms with Crippen molar-refractivity contribution in [3.05, 3.63) is 31.9 Å². The molecule has 1 aromatic rings. The van der Waals surface area contributed by atoms with Gasteiger partial charge in [0.05, 0.1) is 11.3 Å². The van der Waals surface area contributed by atoms with Crippen molar-refractivity contribution in [3.63, 3.8) is 0 Å². The highest BCUT2D eigenvalue weighted by molar-refractivity contribution is 14.1. The van der Waals surface area contributed by atoms with Crippen molar-refractivity contribution in [2.45, 2.75) is 12.6 Å². The summed E-state index contributed by atoms with van der Waals surface area (Å²) in [7, 11) is 0. The van der Waals surface area contributed by atoms with Gasteiger partial charge in [0, 0.05) is 16.2 Å². The van der Waals surface area contributed by atoms with E-state index >= 15 is 0 Å². The van der Waals surface area contributed by atoms with Crippen molar-refractivity contribution in [2.75, 3.05) is 11.9 Å². The highest BCUT2D eigenvalue weighted by atomic mass is 127. The molecule has 0 aliphatic heterocycles. The van der Waals surface area contributed by atoms with Gasteiger partial charge >= 0.3 is 6.18 Å². The molecule has 0 saturated heterocycles. The fraction of sp³-hybridized carbons (Fsp3) is 0.333. The summed E-state index contributed by atoms with van der Waals surface area (Å²) < 4.78 is 36.4. The van der Waals surface area contributed by atoms with Gasteiger partial charge in [0.2, 0.25) is 0 Å². The number of rotatable bonds is 4. The molecule has 8 heteroatoms. The van der Waals surface area contributed by atoms with E-state index < -0.39 is 17.5 Å². The molecule has 0 heterocycles. The Balaban J connectivity index is 2.74. The molecule has 0 amide bonds. The Hall–Kier alpha value is -1.06. The highest BCUT2D eigenvalue weighted by Crippen LogP contribution is 2.27. The second kappa shape index (κ2) is 5.52. The smallest absolute Gasteiger partial charge is 0.379 e. The predicted octanol–water partition coefficient (Wildman–Crippen LogP) is 3.56. The van der Waals surface area contributed by atoms with Crippen LogP contribution in [0.4, 0.5) is 24.5 Å². The van der Waals surface area contributed by atoms with Crippen molar-refractivity contribution >= 4 is 34.0 Å². The second-order valence-electron chi connectivity index (χ2n) is 3.21. The van der Waals surface area contributed by atoms with Crippen molar-refractivity contribution in [1.29, 1.82) is 0 Å². The minimum absolute atomic E-state index is 0.0969. The summed E-state index contributed by atoms with van der Waals surface area (Å²) in [6.45, 7) is -0.384. The summed E-state index contributed by atoms with van der Waals surface area (Å²) in [6, 6.07) is 4.29. The summed E-state index contributed by atoms with van der Waals surface area (Å²) >= 11 is 1.89. The fourth-order valence-electron chi connectivity index (χ4n) is 1.14. The Labute approximate surface area is 108 Å². The lowest BCUT2D eigenvalue weighted by Gasteiger charge is -2.09. The van der Waals surface area contributed by atoms with Crippen LogP contribution >= 0.6 is 22.6 Å². The zero-order chi connectivity index (χ0) is 13.1. The number of nitrogens with one attached hydrogen (secondary N) is 1. The summed E-state index contributed by atoms with van der Waals surface area (Å²) in [5, 5.41) is 13.1. The number of hydrogen-bond donors (Lipinski definition) is 1. The molecular formula is C9H8F3IN2O2. The van der Waals surface area contributed by atoms with Crippen LogP contribution in [0, 0.1) is 13.7 Å². The topological polar surface area (TPSA) is 55.2 Å². The largest absolute Gasteiger partial charge is 0.390 e. The zero-order valence-electron chi connectivity index (χ0n) is 8.42. The minimum Gasteiger partial charge on any atom is -0.379 e. The SMILES string of the molecule is O=[N+]([O-])c1cc(I)ccc1NCCC(F)(F)F. The molecule has 0 aliphatic rings. The quantitative estimate of drug-likeness (QED) is 0.508. The number of alkyl halides is 3. The first kappa shape index (κ1) is 14.0. The number of halogens is 4. The van der Waals surface area contributed by atoms with E-state index in [1.165, 1.54) is 12.1 Å². The van der Waals surface area contributed by atoms with E-state index in [-0.39, 0.29) is 17.9 Å². The van der Waals surface area contributed by atoms with Crippen LogP contribution in [-0.4, -0.2) is 17.6 Å². The van der Waals surface area contributed by atoms with Gasteiger partial charge in [0.1, 0.15) is 5.69 Å². The first-order valence-corrected chi connectivity index (χ1v) is 5.62. The Kier molecular flexibility index (Phi) is 4.54. The van der Waals surface area contributed by atoms with Gasteiger partial charge in [-0.15, -0.1) is 0 Å². The van der Waals surface area contributed by atoms with E-state index in [0.29, 0.717) is 3.57 Å². The van der Waals surface area contributed by atoms with Crippen LogP contribution in [0.1, 0.15) is 6.42 Å². The van der Waals surface area contributed by atoms with Crippen molar-refractivity contribution < 1.29 is 18.1 Å². The van der Waals surface area contributed by atoms with Gasteiger partial charge < -0.3 is 5.32 Å². The van der Waals surface area contributed by atoms with Crippen LogP contribution in [0.25, 0.3) is 0 Å². The Morgan fingerprint density at radius 3 is 2.59 bits per heavy atom. The zero-order valence-corrected chi connectivity index (χ0v) is 10.6. The van der Waals surface area contributed by atoms with Gasteiger partial charge in [0.25, 0.3) is 5.69 Å². The molecule has 1 aromatic carbocycles. The maximum Gasteiger partial charge on any atom is 0.390 e. The lowest BCUT2D eigenvalue weighted by molar-refractivity contribution is -0.384. The maximum atomic E-state index is 11.9. The molecule has 4 nitrogen and oxygen atoms in total. The van der Waals surface area contributed by atoms with Gasteiger partial charge in [-0.05, 0) is 34.7 Å². The highest BCUT2D eigenvalue weighted by Gasteiger charge is 2.26. The van der Waals surface area contributed by atoms with Gasteiger partial charge in [-0.2, -0.15) is 13.2 Å². The van der Waals surface area contributed by atoms with Crippen LogP contribution in [0.5, 0.6) is 0 Å². The molecular weight excluding hydrogens is 352 g/mol. The Morgan fingerprint density at radius 2 is 2.06 bits per heavy atom. The molecule has 0 saturated carbocycles. The monoisotopic (exact) mass is 360 g/mol. The van der Waals surface area contributed by atoms with Crippen LogP contribution in [-0.2, 0) is 0 Å².